The van der Waals surface area contributed by atoms with E-state index in [4.69, 9.17) is 16.3 Å². The number of rotatable bonds is 2. The lowest BCUT2D eigenvalue weighted by molar-refractivity contribution is 0.00526. The van der Waals surface area contributed by atoms with Gasteiger partial charge in [0.15, 0.2) is 0 Å². The first-order valence-electron chi connectivity index (χ1n) is 5.43. The van der Waals surface area contributed by atoms with Gasteiger partial charge in [-0.05, 0) is 12.1 Å². The quantitative estimate of drug-likeness (QED) is 0.784. The van der Waals surface area contributed by atoms with Crippen LogP contribution in [0.2, 0.25) is 5.02 Å². The van der Waals surface area contributed by atoms with Gasteiger partial charge in [-0.15, -0.1) is 0 Å². The first-order chi connectivity index (χ1) is 8.24. The first kappa shape index (κ1) is 12.9. The van der Waals surface area contributed by atoms with Gasteiger partial charge in [-0.3, -0.25) is 4.79 Å². The number of ether oxygens (including phenoxy) is 1. The van der Waals surface area contributed by atoms with E-state index in [2.05, 4.69) is 15.9 Å². The van der Waals surface area contributed by atoms with E-state index in [-0.39, 0.29) is 11.9 Å². The maximum atomic E-state index is 12.4. The van der Waals surface area contributed by atoms with Gasteiger partial charge in [-0.25, -0.2) is 0 Å². The van der Waals surface area contributed by atoms with Crippen LogP contribution in [0.15, 0.2) is 24.3 Å². The Morgan fingerprint density at radius 2 is 2.29 bits per heavy atom. The summed E-state index contributed by atoms with van der Waals surface area (Å²) in [6, 6.07) is 7.21. The van der Waals surface area contributed by atoms with E-state index in [1.54, 1.807) is 12.1 Å². The molecular weight excluding hydrogens is 305 g/mol. The number of carbonyl (C=O) groups excluding carboxylic acids is 1. The zero-order chi connectivity index (χ0) is 12.3. The zero-order valence-corrected chi connectivity index (χ0v) is 11.6. The number of hydrogen-bond donors (Lipinski definition) is 0. The van der Waals surface area contributed by atoms with Gasteiger partial charge in [0.05, 0.1) is 29.8 Å². The molecule has 92 valence electrons. The molecule has 1 aliphatic rings. The predicted octanol–water partition coefficient (Wildman–Crippen LogP) is 2.58. The second kappa shape index (κ2) is 5.85. The van der Waals surface area contributed by atoms with E-state index in [0.29, 0.717) is 35.7 Å². The van der Waals surface area contributed by atoms with Crippen LogP contribution in [0.25, 0.3) is 0 Å². The maximum Gasteiger partial charge on any atom is 0.255 e. The molecule has 1 unspecified atom stereocenters. The van der Waals surface area contributed by atoms with Crippen LogP contribution in [-0.4, -0.2) is 41.9 Å². The Morgan fingerprint density at radius 1 is 1.53 bits per heavy atom. The zero-order valence-electron chi connectivity index (χ0n) is 9.23. The molecule has 0 N–H and O–H groups in total. The summed E-state index contributed by atoms with van der Waals surface area (Å²) in [5.74, 6) is -0.0247. The van der Waals surface area contributed by atoms with Crippen LogP contribution in [0.1, 0.15) is 10.4 Å². The molecule has 0 radical (unpaired) electrons. The molecule has 0 aromatic heterocycles. The van der Waals surface area contributed by atoms with Gasteiger partial charge >= 0.3 is 0 Å². The van der Waals surface area contributed by atoms with Gasteiger partial charge in [0.2, 0.25) is 0 Å². The predicted molar refractivity (Wildman–Crippen MR) is 70.9 cm³/mol. The Balaban J connectivity index is 2.21. The summed E-state index contributed by atoms with van der Waals surface area (Å²) in [6.07, 6.45) is 0. The van der Waals surface area contributed by atoms with Crippen LogP contribution in [0.4, 0.5) is 0 Å². The molecule has 1 aliphatic heterocycles. The van der Waals surface area contributed by atoms with E-state index in [1.165, 1.54) is 0 Å². The van der Waals surface area contributed by atoms with Gasteiger partial charge in [-0.2, -0.15) is 0 Å². The van der Waals surface area contributed by atoms with E-state index >= 15 is 0 Å². The standard InChI is InChI=1S/C12H13BrClNO2/c13-7-9-8-17-6-5-15(9)12(16)10-3-1-2-4-11(10)14/h1-4,9H,5-8H2. The number of nitrogens with zero attached hydrogens (tertiary/aromatic N) is 1. The van der Waals surface area contributed by atoms with E-state index < -0.39 is 0 Å². The fourth-order valence-corrected chi connectivity index (χ4v) is 2.59. The van der Waals surface area contributed by atoms with Crippen LogP contribution in [0, 0.1) is 0 Å². The van der Waals surface area contributed by atoms with Crippen LogP contribution in [0.3, 0.4) is 0 Å². The number of amides is 1. The second-order valence-electron chi connectivity index (χ2n) is 3.86. The summed E-state index contributed by atoms with van der Waals surface area (Å²) < 4.78 is 5.36. The topological polar surface area (TPSA) is 29.5 Å². The fourth-order valence-electron chi connectivity index (χ4n) is 1.84. The van der Waals surface area contributed by atoms with Crippen molar-refractivity contribution in [3.8, 4) is 0 Å². The van der Waals surface area contributed by atoms with Crippen molar-refractivity contribution in [2.45, 2.75) is 6.04 Å². The highest BCUT2D eigenvalue weighted by atomic mass is 79.9. The number of halogens is 2. The van der Waals surface area contributed by atoms with E-state index in [0.717, 1.165) is 0 Å². The average molecular weight is 319 g/mol. The SMILES string of the molecule is O=C(c1ccccc1Cl)N1CCOCC1CBr. The summed E-state index contributed by atoms with van der Waals surface area (Å²) in [4.78, 5) is 14.2. The van der Waals surface area contributed by atoms with Gasteiger partial charge < -0.3 is 9.64 Å². The molecule has 1 aromatic rings. The van der Waals surface area contributed by atoms with Crippen LogP contribution >= 0.6 is 27.5 Å². The molecule has 1 aromatic carbocycles. The number of carbonyl (C=O) groups is 1. The minimum absolute atomic E-state index is 0.0247. The number of morpholine rings is 1. The van der Waals surface area contributed by atoms with Crippen LogP contribution < -0.4 is 0 Å². The molecule has 0 saturated carbocycles. The minimum Gasteiger partial charge on any atom is -0.377 e. The monoisotopic (exact) mass is 317 g/mol. The molecule has 1 atom stereocenters. The number of alkyl halides is 1. The largest absolute Gasteiger partial charge is 0.377 e. The average Bonchev–Trinajstić information content (AvgIpc) is 2.38. The van der Waals surface area contributed by atoms with E-state index in [1.807, 2.05) is 17.0 Å². The number of benzene rings is 1. The first-order valence-corrected chi connectivity index (χ1v) is 6.93. The lowest BCUT2D eigenvalue weighted by atomic mass is 10.1. The van der Waals surface area contributed by atoms with Crippen molar-refractivity contribution in [1.82, 2.24) is 4.90 Å². The van der Waals surface area contributed by atoms with Crippen molar-refractivity contribution in [2.24, 2.45) is 0 Å². The van der Waals surface area contributed by atoms with Crippen LogP contribution in [0.5, 0.6) is 0 Å². The van der Waals surface area contributed by atoms with Crippen molar-refractivity contribution < 1.29 is 9.53 Å². The Kier molecular flexibility index (Phi) is 4.42. The Labute approximate surface area is 114 Å². The third kappa shape index (κ3) is 2.81. The van der Waals surface area contributed by atoms with Crippen molar-refractivity contribution >= 4 is 33.4 Å². The third-order valence-electron chi connectivity index (χ3n) is 2.77. The number of hydrogen-bond acceptors (Lipinski definition) is 2. The molecule has 0 spiro atoms. The minimum atomic E-state index is -0.0247. The lowest BCUT2D eigenvalue weighted by Gasteiger charge is -2.34. The smallest absolute Gasteiger partial charge is 0.255 e. The van der Waals surface area contributed by atoms with Crippen molar-refractivity contribution in [2.75, 3.05) is 25.1 Å². The van der Waals surface area contributed by atoms with Gasteiger partial charge in [0, 0.05) is 11.9 Å². The van der Waals surface area contributed by atoms with Gasteiger partial charge in [0.1, 0.15) is 0 Å². The summed E-state index contributed by atoms with van der Waals surface area (Å²) >= 11 is 9.44. The Hall–Kier alpha value is -0.580. The fraction of sp³-hybridized carbons (Fsp3) is 0.417. The lowest BCUT2D eigenvalue weighted by Crippen LogP contribution is -2.49. The molecule has 5 heteroatoms. The molecule has 3 nitrogen and oxygen atoms in total. The molecule has 1 heterocycles. The molecule has 2 rings (SSSR count). The summed E-state index contributed by atoms with van der Waals surface area (Å²) in [6.45, 7) is 1.77. The molecular formula is C12H13BrClNO2. The second-order valence-corrected chi connectivity index (χ2v) is 4.92. The van der Waals surface area contributed by atoms with Crippen molar-refractivity contribution in [3.05, 3.63) is 34.9 Å². The molecule has 1 fully saturated rings. The van der Waals surface area contributed by atoms with Gasteiger partial charge in [-0.1, -0.05) is 39.7 Å². The highest BCUT2D eigenvalue weighted by Gasteiger charge is 2.28. The summed E-state index contributed by atoms with van der Waals surface area (Å²) in [7, 11) is 0. The highest BCUT2D eigenvalue weighted by molar-refractivity contribution is 9.09. The normalized spacial score (nSPS) is 20.4. The van der Waals surface area contributed by atoms with Crippen molar-refractivity contribution in [1.29, 1.82) is 0 Å². The Bertz CT molecular complexity index is 413. The molecule has 0 bridgehead atoms. The molecule has 0 aliphatic carbocycles. The molecule has 1 amide bonds. The molecule has 17 heavy (non-hydrogen) atoms. The Morgan fingerprint density at radius 3 is 3.00 bits per heavy atom. The highest BCUT2D eigenvalue weighted by Crippen LogP contribution is 2.20. The molecule has 1 saturated heterocycles. The van der Waals surface area contributed by atoms with Crippen LogP contribution in [-0.2, 0) is 4.74 Å². The summed E-state index contributed by atoms with van der Waals surface area (Å²) in [5, 5.41) is 1.21. The summed E-state index contributed by atoms with van der Waals surface area (Å²) in [5.41, 5.74) is 0.557. The maximum absolute atomic E-state index is 12.4. The third-order valence-corrected chi connectivity index (χ3v) is 3.85. The van der Waals surface area contributed by atoms with E-state index in [9.17, 15) is 4.79 Å². The van der Waals surface area contributed by atoms with Gasteiger partial charge in [0.25, 0.3) is 5.91 Å². The van der Waals surface area contributed by atoms with Crippen molar-refractivity contribution in [3.63, 3.8) is 0 Å².